The second-order valence-electron chi connectivity index (χ2n) is 4.55. The molecule has 1 saturated heterocycles. The standard InChI is InChI=1S/C13H14O3S/c1-15-9-2-3-10-11(14)7-13(4-5-17-8-13)16-12(10)6-9/h2-3,6H,4-5,7-8H2,1H3. The van der Waals surface area contributed by atoms with Gasteiger partial charge in [-0.05, 0) is 24.3 Å². The molecule has 1 aromatic carbocycles. The Labute approximate surface area is 104 Å². The number of fused-ring (bicyclic) bond motifs is 1. The number of hydrogen-bond acceptors (Lipinski definition) is 4. The highest BCUT2D eigenvalue weighted by atomic mass is 32.2. The minimum atomic E-state index is -0.263. The van der Waals surface area contributed by atoms with Crippen molar-refractivity contribution >= 4 is 17.5 Å². The molecule has 0 saturated carbocycles. The van der Waals surface area contributed by atoms with Crippen LogP contribution in [-0.2, 0) is 0 Å². The molecule has 1 atom stereocenters. The summed E-state index contributed by atoms with van der Waals surface area (Å²) in [4.78, 5) is 12.1. The minimum Gasteiger partial charge on any atom is -0.497 e. The lowest BCUT2D eigenvalue weighted by Gasteiger charge is -2.34. The summed E-state index contributed by atoms with van der Waals surface area (Å²) in [5.74, 6) is 3.60. The molecule has 4 heteroatoms. The summed E-state index contributed by atoms with van der Waals surface area (Å²) in [7, 11) is 1.62. The first-order valence-electron chi connectivity index (χ1n) is 5.70. The van der Waals surface area contributed by atoms with Gasteiger partial charge in [0, 0.05) is 11.8 Å². The fourth-order valence-electron chi connectivity index (χ4n) is 2.41. The van der Waals surface area contributed by atoms with Crippen molar-refractivity contribution in [3.63, 3.8) is 0 Å². The van der Waals surface area contributed by atoms with Gasteiger partial charge in [0.1, 0.15) is 17.1 Å². The Bertz CT molecular complexity index is 464. The first-order chi connectivity index (χ1) is 8.22. The van der Waals surface area contributed by atoms with E-state index in [1.807, 2.05) is 23.9 Å². The van der Waals surface area contributed by atoms with Gasteiger partial charge in [-0.25, -0.2) is 0 Å². The quantitative estimate of drug-likeness (QED) is 0.767. The van der Waals surface area contributed by atoms with E-state index in [1.165, 1.54) is 0 Å². The maximum Gasteiger partial charge on any atom is 0.170 e. The first kappa shape index (κ1) is 11.0. The Kier molecular flexibility index (Phi) is 2.54. The molecule has 2 heterocycles. The summed E-state index contributed by atoms with van der Waals surface area (Å²) in [5, 5.41) is 0. The van der Waals surface area contributed by atoms with E-state index in [1.54, 1.807) is 13.2 Å². The van der Waals surface area contributed by atoms with Gasteiger partial charge in [0.25, 0.3) is 0 Å². The Balaban J connectivity index is 2.00. The molecule has 1 unspecified atom stereocenters. The van der Waals surface area contributed by atoms with E-state index in [-0.39, 0.29) is 11.4 Å². The number of benzene rings is 1. The maximum atomic E-state index is 12.1. The van der Waals surface area contributed by atoms with Gasteiger partial charge in [-0.15, -0.1) is 0 Å². The number of hydrogen-bond donors (Lipinski definition) is 0. The van der Waals surface area contributed by atoms with Crippen LogP contribution >= 0.6 is 11.8 Å². The van der Waals surface area contributed by atoms with Crippen LogP contribution in [0.25, 0.3) is 0 Å². The van der Waals surface area contributed by atoms with Crippen LogP contribution in [0.2, 0.25) is 0 Å². The van der Waals surface area contributed by atoms with Crippen molar-refractivity contribution in [3.05, 3.63) is 23.8 Å². The monoisotopic (exact) mass is 250 g/mol. The molecule has 3 rings (SSSR count). The van der Waals surface area contributed by atoms with Gasteiger partial charge in [0.15, 0.2) is 5.78 Å². The molecule has 1 aromatic rings. The molecule has 1 fully saturated rings. The third-order valence-electron chi connectivity index (χ3n) is 3.37. The smallest absolute Gasteiger partial charge is 0.170 e. The van der Waals surface area contributed by atoms with E-state index in [9.17, 15) is 4.79 Å². The number of methoxy groups -OCH3 is 1. The molecule has 0 amide bonds. The lowest BCUT2D eigenvalue weighted by atomic mass is 9.89. The number of ketones is 1. The number of rotatable bonds is 1. The van der Waals surface area contributed by atoms with Crippen molar-refractivity contribution < 1.29 is 14.3 Å². The summed E-state index contributed by atoms with van der Waals surface area (Å²) in [5.41, 5.74) is 0.425. The third kappa shape index (κ3) is 1.80. The SMILES string of the molecule is COc1ccc2c(c1)OC1(CCSC1)CC2=O. The van der Waals surface area contributed by atoms with E-state index in [0.29, 0.717) is 17.7 Å². The summed E-state index contributed by atoms with van der Waals surface area (Å²) >= 11 is 1.86. The molecule has 2 aliphatic rings. The van der Waals surface area contributed by atoms with Crippen LogP contribution in [0.1, 0.15) is 23.2 Å². The highest BCUT2D eigenvalue weighted by molar-refractivity contribution is 7.99. The van der Waals surface area contributed by atoms with E-state index < -0.39 is 0 Å². The van der Waals surface area contributed by atoms with Crippen LogP contribution in [-0.4, -0.2) is 30.0 Å². The van der Waals surface area contributed by atoms with Crippen molar-refractivity contribution in [2.45, 2.75) is 18.4 Å². The molecule has 2 aliphatic heterocycles. The van der Waals surface area contributed by atoms with Gasteiger partial charge in [0.2, 0.25) is 0 Å². The predicted octanol–water partition coefficient (Wildman–Crippen LogP) is 2.54. The van der Waals surface area contributed by atoms with Gasteiger partial charge >= 0.3 is 0 Å². The Morgan fingerprint density at radius 1 is 1.47 bits per heavy atom. The van der Waals surface area contributed by atoms with Gasteiger partial charge < -0.3 is 9.47 Å². The highest BCUT2D eigenvalue weighted by Crippen LogP contribution is 2.42. The number of carbonyl (C=O) groups excluding carboxylic acids is 1. The fourth-order valence-corrected chi connectivity index (χ4v) is 3.75. The Hall–Kier alpha value is -1.16. The zero-order valence-electron chi connectivity index (χ0n) is 9.69. The normalized spacial score (nSPS) is 26.8. The van der Waals surface area contributed by atoms with Crippen LogP contribution in [0.3, 0.4) is 0 Å². The second kappa shape index (κ2) is 3.95. The topological polar surface area (TPSA) is 35.5 Å². The average molecular weight is 250 g/mol. The molecule has 1 spiro atoms. The third-order valence-corrected chi connectivity index (χ3v) is 4.59. The number of carbonyl (C=O) groups is 1. The summed E-state index contributed by atoms with van der Waals surface area (Å²) in [6, 6.07) is 5.42. The van der Waals surface area contributed by atoms with Crippen molar-refractivity contribution in [2.75, 3.05) is 18.6 Å². The molecule has 0 aliphatic carbocycles. The summed E-state index contributed by atoms with van der Waals surface area (Å²) in [6.07, 6.45) is 1.47. The molecule has 0 aromatic heterocycles. The Morgan fingerprint density at radius 3 is 3.06 bits per heavy atom. The summed E-state index contributed by atoms with van der Waals surface area (Å²) < 4.78 is 11.2. The zero-order valence-corrected chi connectivity index (χ0v) is 10.5. The summed E-state index contributed by atoms with van der Waals surface area (Å²) in [6.45, 7) is 0. The van der Waals surface area contributed by atoms with E-state index in [0.717, 1.165) is 23.7 Å². The van der Waals surface area contributed by atoms with E-state index in [4.69, 9.17) is 9.47 Å². The number of ether oxygens (including phenoxy) is 2. The largest absolute Gasteiger partial charge is 0.497 e. The van der Waals surface area contributed by atoms with Crippen LogP contribution in [0.4, 0.5) is 0 Å². The van der Waals surface area contributed by atoms with Crippen molar-refractivity contribution in [1.82, 2.24) is 0 Å². The van der Waals surface area contributed by atoms with Crippen molar-refractivity contribution in [1.29, 1.82) is 0 Å². The molecular weight excluding hydrogens is 236 g/mol. The Morgan fingerprint density at radius 2 is 2.35 bits per heavy atom. The number of Topliss-reactive ketones (excluding diaryl/α,β-unsaturated/α-hetero) is 1. The average Bonchev–Trinajstić information content (AvgIpc) is 2.76. The minimum absolute atomic E-state index is 0.191. The highest BCUT2D eigenvalue weighted by Gasteiger charge is 2.43. The number of thioether (sulfide) groups is 1. The van der Waals surface area contributed by atoms with Crippen LogP contribution in [0.5, 0.6) is 11.5 Å². The van der Waals surface area contributed by atoms with E-state index >= 15 is 0 Å². The molecule has 0 bridgehead atoms. The van der Waals surface area contributed by atoms with Gasteiger partial charge in [0.05, 0.1) is 19.1 Å². The van der Waals surface area contributed by atoms with Crippen molar-refractivity contribution in [3.8, 4) is 11.5 Å². The van der Waals surface area contributed by atoms with Crippen molar-refractivity contribution in [2.24, 2.45) is 0 Å². The molecule has 0 radical (unpaired) electrons. The fraction of sp³-hybridized carbons (Fsp3) is 0.462. The zero-order chi connectivity index (χ0) is 11.9. The van der Waals surface area contributed by atoms with Gasteiger partial charge in [-0.2, -0.15) is 11.8 Å². The molecule has 90 valence electrons. The van der Waals surface area contributed by atoms with Gasteiger partial charge in [-0.3, -0.25) is 4.79 Å². The molecule has 0 N–H and O–H groups in total. The molecule has 3 nitrogen and oxygen atoms in total. The van der Waals surface area contributed by atoms with Gasteiger partial charge in [-0.1, -0.05) is 0 Å². The van der Waals surface area contributed by atoms with Crippen LogP contribution in [0, 0.1) is 0 Å². The first-order valence-corrected chi connectivity index (χ1v) is 6.86. The lowest BCUT2D eigenvalue weighted by Crippen LogP contribution is -2.41. The van der Waals surface area contributed by atoms with Crippen LogP contribution in [0.15, 0.2) is 18.2 Å². The molecule has 17 heavy (non-hydrogen) atoms. The predicted molar refractivity (Wildman–Crippen MR) is 67.2 cm³/mol. The molecular formula is C13H14O3S. The van der Waals surface area contributed by atoms with E-state index in [2.05, 4.69) is 0 Å². The second-order valence-corrected chi connectivity index (χ2v) is 5.65. The lowest BCUT2D eigenvalue weighted by molar-refractivity contribution is 0.0562. The maximum absolute atomic E-state index is 12.1. The van der Waals surface area contributed by atoms with Crippen LogP contribution < -0.4 is 9.47 Å².